The number of nitrogens with zero attached hydrogens (tertiary/aromatic N) is 4. The van der Waals surface area contributed by atoms with Crippen LogP contribution >= 0.6 is 0 Å². The summed E-state index contributed by atoms with van der Waals surface area (Å²) in [5, 5.41) is 5.72. The molecular weight excluding hydrogens is 873 g/mol. The van der Waals surface area contributed by atoms with E-state index >= 15 is 0 Å². The summed E-state index contributed by atoms with van der Waals surface area (Å²) in [6.45, 7) is 9.78. The normalized spacial score (nSPS) is 27.0. The van der Waals surface area contributed by atoms with Gasteiger partial charge in [-0.15, -0.1) is 0 Å². The minimum atomic E-state index is -0.744. The Morgan fingerprint density at radius 3 is 1.41 bits per heavy atom. The first kappa shape index (κ1) is 45.6. The lowest BCUT2D eigenvalue weighted by atomic mass is 9.85. The van der Waals surface area contributed by atoms with E-state index in [-0.39, 0.29) is 60.1 Å². The molecule has 2 aromatic carbocycles. The molecule has 4 aromatic rings. The molecule has 6 aliphatic heterocycles. The Hall–Kier alpha value is -6.14. The molecule has 0 spiro atoms. The van der Waals surface area contributed by atoms with Gasteiger partial charge in [-0.25, -0.2) is 19.6 Å². The summed E-state index contributed by atoms with van der Waals surface area (Å²) in [6, 6.07) is 6.24. The summed E-state index contributed by atoms with van der Waals surface area (Å²) in [5.41, 5.74) is 7.37. The lowest BCUT2D eigenvalue weighted by molar-refractivity contribution is -0.139. The second-order valence-corrected chi connectivity index (χ2v) is 19.5. The molecule has 4 fully saturated rings. The molecule has 0 aliphatic carbocycles. The fraction of sp³-hybridized carbons (Fsp3) is 0.560. The minimum Gasteiger partial charge on any atom is -0.488 e. The summed E-state index contributed by atoms with van der Waals surface area (Å²) < 4.78 is 34.8. The van der Waals surface area contributed by atoms with Gasteiger partial charge < -0.3 is 58.8 Å². The van der Waals surface area contributed by atoms with Crippen LogP contribution in [0.15, 0.2) is 36.7 Å². The Kier molecular flexibility index (Phi) is 12.6. The zero-order valence-electron chi connectivity index (χ0n) is 39.6. The van der Waals surface area contributed by atoms with Crippen LogP contribution in [-0.4, -0.2) is 118 Å². The average Bonchev–Trinajstić information content (AvgIpc) is 4.18. The van der Waals surface area contributed by atoms with Crippen molar-refractivity contribution in [3.8, 4) is 45.1 Å². The van der Waals surface area contributed by atoms with Crippen molar-refractivity contribution in [3.63, 3.8) is 0 Å². The Labute approximate surface area is 395 Å². The SMILES string of the molecule is COC(=O)N[C@H](C(=O)N1CCC[C@H]1c1ncc(-c2cc3c4c(c2)OCc2cc(-c5cnc([C@@H]6CCCN6C(=O)[C@@H](NC(=O)OC)C6C[C@@H](C)O[C@H](C)C6)[nH]5)cc(c2-4)OC3)[nH]1)C1C[C@@H](C)O[C@H](C)C1. The predicted molar refractivity (Wildman–Crippen MR) is 247 cm³/mol. The van der Waals surface area contributed by atoms with E-state index in [0.29, 0.717) is 63.6 Å². The number of aromatic amines is 2. The van der Waals surface area contributed by atoms with E-state index in [1.807, 2.05) is 49.6 Å². The van der Waals surface area contributed by atoms with Crippen LogP contribution in [0.5, 0.6) is 11.5 Å². The second kappa shape index (κ2) is 18.7. The number of aromatic nitrogens is 4. The fourth-order valence-corrected chi connectivity index (χ4v) is 11.9. The number of carbonyl (C=O) groups is 4. The van der Waals surface area contributed by atoms with Crippen LogP contribution in [0.25, 0.3) is 33.6 Å². The maximum atomic E-state index is 14.3. The molecular formula is C50H62N8O10. The van der Waals surface area contributed by atoms with Crippen molar-refractivity contribution < 1.29 is 47.6 Å². The van der Waals surface area contributed by atoms with Gasteiger partial charge in [-0.05, 0) is 115 Å². The first-order chi connectivity index (χ1) is 32.8. The standard InChI is InChI=1S/C50H62N8O10/c1-25-13-31(14-26(2)67-25)43(55-49(61)63-5)47(59)57-11-7-9-37(57)45-51-21-35(53-45)29-17-33-23-66-40-20-30(18-34-24-65-39(19-29)41(33)42(34)40)36-22-52-46(54-36)38-10-8-12-58(38)48(60)44(56-50(62)64-6)32-15-27(3)68-28(4)16-32/h17-22,25-28,31-32,37-38,43-44H,7-16,23-24H2,1-6H3,(H,51,53)(H,52,54)(H,55,61)(H,56,62)/t25-,26-,27-,28-,37+,38+,43+,44+/m1/s1. The first-order valence-electron chi connectivity index (χ1n) is 24.2. The van der Waals surface area contributed by atoms with Gasteiger partial charge in [0, 0.05) is 46.5 Å². The molecule has 4 amide bonds. The van der Waals surface area contributed by atoms with Crippen LogP contribution in [0, 0.1) is 11.8 Å². The summed E-state index contributed by atoms with van der Waals surface area (Å²) in [6.07, 6.45) is 7.94. The lowest BCUT2D eigenvalue weighted by Crippen LogP contribution is -2.54. The van der Waals surface area contributed by atoms with Gasteiger partial charge in [0.15, 0.2) is 0 Å². The highest BCUT2D eigenvalue weighted by molar-refractivity contribution is 5.89. The van der Waals surface area contributed by atoms with Gasteiger partial charge in [0.25, 0.3) is 0 Å². The van der Waals surface area contributed by atoms with Crippen LogP contribution in [0.4, 0.5) is 9.59 Å². The number of likely N-dealkylation sites (tertiary alicyclic amines) is 2. The van der Waals surface area contributed by atoms with Crippen molar-refractivity contribution >= 4 is 24.0 Å². The van der Waals surface area contributed by atoms with E-state index in [9.17, 15) is 19.2 Å². The van der Waals surface area contributed by atoms with Gasteiger partial charge in [0.2, 0.25) is 11.8 Å². The van der Waals surface area contributed by atoms with Crippen molar-refractivity contribution in [1.82, 2.24) is 40.4 Å². The number of ether oxygens (including phenoxy) is 6. The molecule has 0 bridgehead atoms. The van der Waals surface area contributed by atoms with Crippen molar-refractivity contribution in [1.29, 1.82) is 0 Å². The third-order valence-electron chi connectivity index (χ3n) is 14.8. The van der Waals surface area contributed by atoms with Crippen LogP contribution in [0.3, 0.4) is 0 Å². The molecule has 8 heterocycles. The number of hydrogen-bond acceptors (Lipinski definition) is 12. The number of H-pyrrole nitrogens is 2. The molecule has 8 atom stereocenters. The molecule has 2 aromatic heterocycles. The number of methoxy groups -OCH3 is 2. The first-order valence-corrected chi connectivity index (χ1v) is 24.2. The van der Waals surface area contributed by atoms with E-state index in [0.717, 1.165) is 82.0 Å². The summed E-state index contributed by atoms with van der Waals surface area (Å²) >= 11 is 0. The number of benzene rings is 2. The number of carbonyl (C=O) groups excluding carboxylic acids is 4. The molecule has 68 heavy (non-hydrogen) atoms. The van der Waals surface area contributed by atoms with Crippen molar-refractivity contribution in [2.45, 2.75) is 141 Å². The van der Waals surface area contributed by atoms with E-state index in [1.165, 1.54) is 14.2 Å². The third kappa shape index (κ3) is 8.76. The van der Waals surface area contributed by atoms with Gasteiger partial charge >= 0.3 is 12.2 Å². The summed E-state index contributed by atoms with van der Waals surface area (Å²) in [7, 11) is 2.62. The average molecular weight is 935 g/mol. The maximum absolute atomic E-state index is 14.3. The van der Waals surface area contributed by atoms with Crippen LogP contribution in [0.1, 0.15) is 114 Å². The predicted octanol–water partition coefficient (Wildman–Crippen LogP) is 7.10. The zero-order chi connectivity index (χ0) is 47.4. The number of imidazole rings is 2. The number of nitrogens with one attached hydrogen (secondary N) is 4. The molecule has 0 unspecified atom stereocenters. The molecule has 4 N–H and O–H groups in total. The van der Waals surface area contributed by atoms with Crippen molar-refractivity contribution in [3.05, 3.63) is 59.4 Å². The second-order valence-electron chi connectivity index (χ2n) is 19.5. The largest absolute Gasteiger partial charge is 0.488 e. The molecule has 362 valence electrons. The van der Waals surface area contributed by atoms with E-state index in [2.05, 4.69) is 32.7 Å². The van der Waals surface area contributed by atoms with Gasteiger partial charge in [-0.3, -0.25) is 9.59 Å². The van der Waals surface area contributed by atoms with Crippen molar-refractivity contribution in [2.75, 3.05) is 27.3 Å². The van der Waals surface area contributed by atoms with Gasteiger partial charge in [0.05, 0.1) is 74.5 Å². The van der Waals surface area contributed by atoms with Crippen LogP contribution in [0.2, 0.25) is 0 Å². The van der Waals surface area contributed by atoms with Crippen LogP contribution in [-0.2, 0) is 41.8 Å². The third-order valence-corrected chi connectivity index (χ3v) is 14.8. The molecule has 6 aliphatic rings. The number of alkyl carbamates (subject to hydrolysis) is 2. The van der Waals surface area contributed by atoms with E-state index in [1.54, 1.807) is 12.4 Å². The van der Waals surface area contributed by atoms with Gasteiger partial charge in [0.1, 0.15) is 48.4 Å². The van der Waals surface area contributed by atoms with Gasteiger partial charge in [-0.2, -0.15) is 0 Å². The Balaban J connectivity index is 0.863. The molecule has 4 saturated heterocycles. The molecule has 0 saturated carbocycles. The Bertz CT molecular complexity index is 2330. The number of hydrogen-bond donors (Lipinski definition) is 4. The topological polar surface area (TPSA) is 212 Å². The van der Waals surface area contributed by atoms with Crippen LogP contribution < -0.4 is 20.1 Å². The lowest BCUT2D eigenvalue weighted by Gasteiger charge is -2.38. The number of rotatable bonds is 10. The van der Waals surface area contributed by atoms with E-state index < -0.39 is 24.3 Å². The van der Waals surface area contributed by atoms with Crippen molar-refractivity contribution in [2.24, 2.45) is 11.8 Å². The smallest absolute Gasteiger partial charge is 0.407 e. The summed E-state index contributed by atoms with van der Waals surface area (Å²) in [4.78, 5) is 74.1. The number of amides is 4. The summed E-state index contributed by atoms with van der Waals surface area (Å²) in [5.74, 6) is 2.42. The fourth-order valence-electron chi connectivity index (χ4n) is 11.9. The highest BCUT2D eigenvalue weighted by atomic mass is 16.5. The molecule has 10 rings (SSSR count). The highest BCUT2D eigenvalue weighted by Crippen LogP contribution is 2.51. The zero-order valence-corrected chi connectivity index (χ0v) is 39.6. The molecule has 0 radical (unpaired) electrons. The monoisotopic (exact) mass is 934 g/mol. The maximum Gasteiger partial charge on any atom is 0.407 e. The van der Waals surface area contributed by atoms with E-state index in [4.69, 9.17) is 38.4 Å². The molecule has 18 nitrogen and oxygen atoms in total. The van der Waals surface area contributed by atoms with Gasteiger partial charge in [-0.1, -0.05) is 0 Å². The Morgan fingerprint density at radius 2 is 1.03 bits per heavy atom. The molecule has 18 heteroatoms. The highest BCUT2D eigenvalue weighted by Gasteiger charge is 2.44. The Morgan fingerprint density at radius 1 is 0.632 bits per heavy atom. The minimum absolute atomic E-state index is 0.0321. The quantitative estimate of drug-likeness (QED) is 0.125.